The van der Waals surface area contributed by atoms with Crippen molar-refractivity contribution in [2.24, 2.45) is 5.73 Å². The zero-order chi connectivity index (χ0) is 14.5. The molecule has 0 fully saturated rings. The third-order valence-corrected chi connectivity index (χ3v) is 4.16. The summed E-state index contributed by atoms with van der Waals surface area (Å²) in [5.74, 6) is 0.854. The van der Waals surface area contributed by atoms with E-state index in [2.05, 4.69) is 33.9 Å². The third-order valence-electron chi connectivity index (χ3n) is 3.43. The molecule has 0 aliphatic rings. The van der Waals surface area contributed by atoms with E-state index in [9.17, 15) is 0 Å². The summed E-state index contributed by atoms with van der Waals surface area (Å²) in [5, 5.41) is 0. The fourth-order valence-corrected chi connectivity index (χ4v) is 2.79. The first-order valence-electron chi connectivity index (χ1n) is 6.48. The molecule has 1 atom stereocenters. The Labute approximate surface area is 128 Å². The van der Waals surface area contributed by atoms with Crippen molar-refractivity contribution in [2.45, 2.75) is 6.04 Å². The molecule has 2 aromatic carbocycles. The SMILES string of the molecule is COc1ccc(N(C)C(CN)c2ccccc2Br)cc1. The molecule has 0 aliphatic carbocycles. The van der Waals surface area contributed by atoms with E-state index in [1.54, 1.807) is 7.11 Å². The van der Waals surface area contributed by atoms with Crippen molar-refractivity contribution in [3.63, 3.8) is 0 Å². The quantitative estimate of drug-likeness (QED) is 0.907. The van der Waals surface area contributed by atoms with Gasteiger partial charge in [-0.1, -0.05) is 34.1 Å². The zero-order valence-corrected chi connectivity index (χ0v) is 13.3. The van der Waals surface area contributed by atoms with Crippen LogP contribution in [0.15, 0.2) is 53.0 Å². The predicted octanol–water partition coefficient (Wildman–Crippen LogP) is 3.59. The topological polar surface area (TPSA) is 38.5 Å². The van der Waals surface area contributed by atoms with Crippen molar-refractivity contribution < 1.29 is 4.74 Å². The molecular formula is C16H19BrN2O. The molecule has 1 unspecified atom stereocenters. The maximum atomic E-state index is 5.98. The molecular weight excluding hydrogens is 316 g/mol. The van der Waals surface area contributed by atoms with Crippen LogP contribution in [0.5, 0.6) is 5.75 Å². The van der Waals surface area contributed by atoms with Crippen molar-refractivity contribution in [2.75, 3.05) is 25.6 Å². The average Bonchev–Trinajstić information content (AvgIpc) is 2.50. The predicted molar refractivity (Wildman–Crippen MR) is 87.3 cm³/mol. The maximum Gasteiger partial charge on any atom is 0.119 e. The zero-order valence-electron chi connectivity index (χ0n) is 11.7. The van der Waals surface area contributed by atoms with Crippen LogP contribution in [-0.2, 0) is 0 Å². The molecule has 0 radical (unpaired) electrons. The molecule has 2 aromatic rings. The minimum atomic E-state index is 0.124. The van der Waals surface area contributed by atoms with Crippen LogP contribution in [0.1, 0.15) is 11.6 Å². The lowest BCUT2D eigenvalue weighted by atomic mass is 10.1. The van der Waals surface area contributed by atoms with Crippen LogP contribution in [0.3, 0.4) is 0 Å². The van der Waals surface area contributed by atoms with Crippen molar-refractivity contribution in [1.29, 1.82) is 0 Å². The van der Waals surface area contributed by atoms with Crippen LogP contribution >= 0.6 is 15.9 Å². The molecule has 2 N–H and O–H groups in total. The standard InChI is InChI=1S/C16H19BrN2O/c1-19(12-7-9-13(20-2)10-8-12)16(11-18)14-5-3-4-6-15(14)17/h3-10,16H,11,18H2,1-2H3. The second-order valence-electron chi connectivity index (χ2n) is 4.58. The molecule has 0 bridgehead atoms. The van der Waals surface area contributed by atoms with Crippen LogP contribution in [0.2, 0.25) is 0 Å². The third kappa shape index (κ3) is 3.14. The molecule has 0 saturated carbocycles. The Morgan fingerprint density at radius 3 is 2.35 bits per heavy atom. The monoisotopic (exact) mass is 334 g/mol. The van der Waals surface area contributed by atoms with Crippen molar-refractivity contribution in [3.8, 4) is 5.75 Å². The van der Waals surface area contributed by atoms with Gasteiger partial charge in [0.15, 0.2) is 0 Å². The summed E-state index contributed by atoms with van der Waals surface area (Å²) in [6.45, 7) is 0.547. The van der Waals surface area contributed by atoms with E-state index in [1.807, 2.05) is 42.5 Å². The summed E-state index contributed by atoms with van der Waals surface area (Å²) in [7, 11) is 3.72. The summed E-state index contributed by atoms with van der Waals surface area (Å²) in [6.07, 6.45) is 0. The first-order valence-corrected chi connectivity index (χ1v) is 7.28. The fourth-order valence-electron chi connectivity index (χ4n) is 2.24. The molecule has 106 valence electrons. The summed E-state index contributed by atoms with van der Waals surface area (Å²) in [6, 6.07) is 16.3. The second kappa shape index (κ2) is 6.77. The fraction of sp³-hybridized carbons (Fsp3) is 0.250. The minimum absolute atomic E-state index is 0.124. The number of anilines is 1. The van der Waals surface area contributed by atoms with E-state index in [0.29, 0.717) is 6.54 Å². The van der Waals surface area contributed by atoms with Gasteiger partial charge >= 0.3 is 0 Å². The lowest BCUT2D eigenvalue weighted by Crippen LogP contribution is -2.30. The Kier molecular flexibility index (Phi) is 5.04. The Morgan fingerprint density at radius 2 is 1.80 bits per heavy atom. The van der Waals surface area contributed by atoms with E-state index in [1.165, 1.54) is 5.56 Å². The van der Waals surface area contributed by atoms with Gasteiger partial charge < -0.3 is 15.4 Å². The molecule has 4 heteroatoms. The van der Waals surface area contributed by atoms with Crippen LogP contribution in [0.4, 0.5) is 5.69 Å². The van der Waals surface area contributed by atoms with Crippen LogP contribution in [-0.4, -0.2) is 20.7 Å². The van der Waals surface area contributed by atoms with Crippen molar-refractivity contribution >= 4 is 21.6 Å². The molecule has 0 heterocycles. The molecule has 0 aromatic heterocycles. The van der Waals surface area contributed by atoms with Gasteiger partial charge in [0.05, 0.1) is 13.2 Å². The van der Waals surface area contributed by atoms with Crippen molar-refractivity contribution in [3.05, 3.63) is 58.6 Å². The van der Waals surface area contributed by atoms with Gasteiger partial charge in [-0.2, -0.15) is 0 Å². The number of likely N-dealkylation sites (N-methyl/N-ethyl adjacent to an activating group) is 1. The van der Waals surface area contributed by atoms with Gasteiger partial charge in [0.1, 0.15) is 5.75 Å². The lowest BCUT2D eigenvalue weighted by Gasteiger charge is -2.30. The highest BCUT2D eigenvalue weighted by atomic mass is 79.9. The summed E-state index contributed by atoms with van der Waals surface area (Å²) < 4.78 is 6.27. The van der Waals surface area contributed by atoms with Gasteiger partial charge in [0, 0.05) is 23.8 Å². The highest BCUT2D eigenvalue weighted by Crippen LogP contribution is 2.30. The van der Waals surface area contributed by atoms with Gasteiger partial charge in [0.2, 0.25) is 0 Å². The van der Waals surface area contributed by atoms with Crippen LogP contribution in [0.25, 0.3) is 0 Å². The Balaban J connectivity index is 2.28. The number of methoxy groups -OCH3 is 1. The highest BCUT2D eigenvalue weighted by Gasteiger charge is 2.18. The Hall–Kier alpha value is -1.52. The molecule has 2 rings (SSSR count). The number of nitrogens with two attached hydrogens (primary N) is 1. The van der Waals surface area contributed by atoms with E-state index in [4.69, 9.17) is 10.5 Å². The summed E-state index contributed by atoms with van der Waals surface area (Å²) in [4.78, 5) is 2.18. The normalized spacial score (nSPS) is 12.0. The smallest absolute Gasteiger partial charge is 0.119 e. The first-order chi connectivity index (χ1) is 9.67. The Bertz CT molecular complexity index is 557. The molecule has 0 amide bonds. The second-order valence-corrected chi connectivity index (χ2v) is 5.44. The molecule has 3 nitrogen and oxygen atoms in total. The molecule has 0 aliphatic heterocycles. The number of hydrogen-bond donors (Lipinski definition) is 1. The number of ether oxygens (including phenoxy) is 1. The number of benzene rings is 2. The molecule has 0 saturated heterocycles. The molecule has 0 spiro atoms. The highest BCUT2D eigenvalue weighted by molar-refractivity contribution is 9.10. The van der Waals surface area contributed by atoms with Crippen LogP contribution < -0.4 is 15.4 Å². The lowest BCUT2D eigenvalue weighted by molar-refractivity contribution is 0.415. The van der Waals surface area contributed by atoms with Gasteiger partial charge in [-0.25, -0.2) is 0 Å². The maximum absolute atomic E-state index is 5.98. The van der Waals surface area contributed by atoms with E-state index >= 15 is 0 Å². The largest absolute Gasteiger partial charge is 0.497 e. The first kappa shape index (κ1) is 14.9. The van der Waals surface area contributed by atoms with Gasteiger partial charge in [-0.05, 0) is 35.9 Å². The van der Waals surface area contributed by atoms with Gasteiger partial charge in [-0.15, -0.1) is 0 Å². The number of hydrogen-bond acceptors (Lipinski definition) is 3. The molecule has 20 heavy (non-hydrogen) atoms. The van der Waals surface area contributed by atoms with Crippen LogP contribution in [0, 0.1) is 0 Å². The summed E-state index contributed by atoms with van der Waals surface area (Å²) in [5.41, 5.74) is 8.28. The average molecular weight is 335 g/mol. The van der Waals surface area contributed by atoms with E-state index in [-0.39, 0.29) is 6.04 Å². The van der Waals surface area contributed by atoms with Crippen molar-refractivity contribution in [1.82, 2.24) is 0 Å². The Morgan fingerprint density at radius 1 is 1.15 bits per heavy atom. The number of halogens is 1. The number of rotatable bonds is 5. The minimum Gasteiger partial charge on any atom is -0.497 e. The van der Waals surface area contributed by atoms with Gasteiger partial charge in [-0.3, -0.25) is 0 Å². The number of nitrogens with zero attached hydrogens (tertiary/aromatic N) is 1. The van der Waals surface area contributed by atoms with E-state index < -0.39 is 0 Å². The van der Waals surface area contributed by atoms with Gasteiger partial charge in [0.25, 0.3) is 0 Å². The van der Waals surface area contributed by atoms with E-state index in [0.717, 1.165) is 15.9 Å². The summed E-state index contributed by atoms with van der Waals surface area (Å²) >= 11 is 3.60.